The highest BCUT2D eigenvalue weighted by atomic mass is 19.1. The lowest BCUT2D eigenvalue weighted by molar-refractivity contribution is 0.307. The van der Waals surface area contributed by atoms with Gasteiger partial charge < -0.3 is 18.8 Å². The Labute approximate surface area is 185 Å². The van der Waals surface area contributed by atoms with Gasteiger partial charge in [0.1, 0.15) is 29.5 Å². The van der Waals surface area contributed by atoms with Crippen LogP contribution in [0.1, 0.15) is 22.4 Å². The molecule has 32 heavy (non-hydrogen) atoms. The summed E-state index contributed by atoms with van der Waals surface area (Å²) in [4.78, 5) is 4.54. The Morgan fingerprint density at radius 1 is 0.844 bits per heavy atom. The number of pyridine rings is 1. The standard InChI is InChI=1S/C25H24F2N2O3/c1-15-16(2)29(13-17-5-6-21(30-3)23(11-17)31-4)25-22(7-8-28-24(15)25)32-14-18-9-19(26)12-20(27)10-18/h5-12H,13-14H2,1-4H3. The smallest absolute Gasteiger partial charge is 0.161 e. The first-order chi connectivity index (χ1) is 15.4. The molecular weight excluding hydrogens is 414 g/mol. The molecule has 0 aliphatic heterocycles. The van der Waals surface area contributed by atoms with E-state index in [1.54, 1.807) is 26.5 Å². The lowest BCUT2D eigenvalue weighted by Crippen LogP contribution is -2.05. The van der Waals surface area contributed by atoms with Gasteiger partial charge in [-0.15, -0.1) is 0 Å². The minimum atomic E-state index is -0.632. The van der Waals surface area contributed by atoms with Gasteiger partial charge in [0.15, 0.2) is 11.5 Å². The zero-order valence-corrected chi connectivity index (χ0v) is 18.4. The molecule has 2 aromatic heterocycles. The van der Waals surface area contributed by atoms with Crippen molar-refractivity contribution in [1.82, 2.24) is 9.55 Å². The normalized spacial score (nSPS) is 11.1. The van der Waals surface area contributed by atoms with Gasteiger partial charge in [-0.3, -0.25) is 4.98 Å². The average Bonchev–Trinajstić information content (AvgIpc) is 3.02. The third kappa shape index (κ3) is 4.10. The van der Waals surface area contributed by atoms with E-state index in [4.69, 9.17) is 14.2 Å². The summed E-state index contributed by atoms with van der Waals surface area (Å²) in [6, 6.07) is 10.9. The van der Waals surface area contributed by atoms with Crippen LogP contribution in [0.3, 0.4) is 0 Å². The van der Waals surface area contributed by atoms with Crippen LogP contribution in [0.25, 0.3) is 11.0 Å². The molecule has 0 radical (unpaired) electrons. The van der Waals surface area contributed by atoms with Gasteiger partial charge in [-0.2, -0.15) is 0 Å². The number of methoxy groups -OCH3 is 2. The Kier molecular flexibility index (Phi) is 5.99. The molecule has 0 bridgehead atoms. The van der Waals surface area contributed by atoms with Gasteiger partial charge in [-0.05, 0) is 54.8 Å². The Morgan fingerprint density at radius 3 is 2.25 bits per heavy atom. The maximum atomic E-state index is 13.6. The number of aromatic nitrogens is 2. The molecule has 0 atom stereocenters. The third-order valence-electron chi connectivity index (χ3n) is 5.57. The molecular formula is C25H24F2N2O3. The van der Waals surface area contributed by atoms with Crippen molar-refractivity contribution in [3.05, 3.63) is 82.7 Å². The van der Waals surface area contributed by atoms with Gasteiger partial charge in [-0.25, -0.2) is 8.78 Å². The van der Waals surface area contributed by atoms with E-state index in [9.17, 15) is 8.78 Å². The van der Waals surface area contributed by atoms with Crippen molar-refractivity contribution in [2.24, 2.45) is 0 Å². The molecule has 2 aromatic carbocycles. The second kappa shape index (κ2) is 8.86. The Bertz CT molecular complexity index is 1260. The monoisotopic (exact) mass is 438 g/mol. The van der Waals surface area contributed by atoms with E-state index in [1.807, 2.05) is 32.0 Å². The number of aryl methyl sites for hydroxylation is 1. The first kappa shape index (κ1) is 21.6. The average molecular weight is 438 g/mol. The summed E-state index contributed by atoms with van der Waals surface area (Å²) in [7, 11) is 3.21. The number of hydrogen-bond donors (Lipinski definition) is 0. The maximum Gasteiger partial charge on any atom is 0.161 e. The number of ether oxygens (including phenoxy) is 3. The van der Waals surface area contributed by atoms with Crippen LogP contribution in [-0.2, 0) is 13.2 Å². The largest absolute Gasteiger partial charge is 0.493 e. The quantitative estimate of drug-likeness (QED) is 0.378. The highest BCUT2D eigenvalue weighted by Crippen LogP contribution is 2.33. The van der Waals surface area contributed by atoms with Gasteiger partial charge >= 0.3 is 0 Å². The zero-order valence-electron chi connectivity index (χ0n) is 18.4. The van der Waals surface area contributed by atoms with Crippen LogP contribution in [-0.4, -0.2) is 23.8 Å². The minimum absolute atomic E-state index is 0.0351. The molecule has 0 fully saturated rings. The van der Waals surface area contributed by atoms with E-state index < -0.39 is 11.6 Å². The summed E-state index contributed by atoms with van der Waals surface area (Å²) in [5, 5.41) is 0. The molecule has 5 nitrogen and oxygen atoms in total. The van der Waals surface area contributed by atoms with E-state index in [1.165, 1.54) is 12.1 Å². The van der Waals surface area contributed by atoms with Gasteiger partial charge in [-0.1, -0.05) is 6.07 Å². The number of hydrogen-bond acceptors (Lipinski definition) is 4. The molecule has 0 aliphatic carbocycles. The zero-order chi connectivity index (χ0) is 22.8. The van der Waals surface area contributed by atoms with Gasteiger partial charge in [0.2, 0.25) is 0 Å². The lowest BCUT2D eigenvalue weighted by Gasteiger charge is -2.14. The first-order valence-corrected chi connectivity index (χ1v) is 10.1. The van der Waals surface area contributed by atoms with E-state index in [0.717, 1.165) is 33.9 Å². The molecule has 4 rings (SSSR count). The molecule has 0 saturated heterocycles. The van der Waals surface area contributed by atoms with Crippen LogP contribution in [0.15, 0.2) is 48.7 Å². The van der Waals surface area contributed by atoms with Crippen molar-refractivity contribution in [2.75, 3.05) is 14.2 Å². The van der Waals surface area contributed by atoms with Gasteiger partial charge in [0, 0.05) is 30.6 Å². The number of nitrogens with zero attached hydrogens (tertiary/aromatic N) is 2. The molecule has 0 unspecified atom stereocenters. The molecule has 0 N–H and O–H groups in total. The molecule has 0 saturated carbocycles. The molecule has 0 amide bonds. The van der Waals surface area contributed by atoms with Gasteiger partial charge in [0.05, 0.1) is 19.7 Å². The minimum Gasteiger partial charge on any atom is -0.493 e. The SMILES string of the molecule is COc1ccc(Cn2c(C)c(C)c3nccc(OCc4cc(F)cc(F)c4)c32)cc1OC. The summed E-state index contributed by atoms with van der Waals surface area (Å²) < 4.78 is 46.0. The van der Waals surface area contributed by atoms with Crippen molar-refractivity contribution >= 4 is 11.0 Å². The molecule has 166 valence electrons. The van der Waals surface area contributed by atoms with Crippen LogP contribution in [0.4, 0.5) is 8.78 Å². The fraction of sp³-hybridized carbons (Fsp3) is 0.240. The third-order valence-corrected chi connectivity index (χ3v) is 5.57. The van der Waals surface area contributed by atoms with Crippen LogP contribution < -0.4 is 14.2 Å². The van der Waals surface area contributed by atoms with Crippen molar-refractivity contribution < 1.29 is 23.0 Å². The van der Waals surface area contributed by atoms with Crippen LogP contribution >= 0.6 is 0 Å². The number of halogens is 2. The van der Waals surface area contributed by atoms with Crippen LogP contribution in [0.2, 0.25) is 0 Å². The summed E-state index contributed by atoms with van der Waals surface area (Å²) >= 11 is 0. The van der Waals surface area contributed by atoms with Gasteiger partial charge in [0.25, 0.3) is 0 Å². The molecule has 0 spiro atoms. The van der Waals surface area contributed by atoms with E-state index in [2.05, 4.69) is 9.55 Å². The lowest BCUT2D eigenvalue weighted by atomic mass is 10.2. The number of fused-ring (bicyclic) bond motifs is 1. The van der Waals surface area contributed by atoms with Crippen molar-refractivity contribution in [2.45, 2.75) is 27.0 Å². The topological polar surface area (TPSA) is 45.5 Å². The van der Waals surface area contributed by atoms with E-state index >= 15 is 0 Å². The van der Waals surface area contributed by atoms with Crippen molar-refractivity contribution in [3.8, 4) is 17.2 Å². The van der Waals surface area contributed by atoms with Crippen molar-refractivity contribution in [3.63, 3.8) is 0 Å². The second-order valence-electron chi connectivity index (χ2n) is 7.56. The maximum absolute atomic E-state index is 13.6. The first-order valence-electron chi connectivity index (χ1n) is 10.1. The van der Waals surface area contributed by atoms with E-state index in [-0.39, 0.29) is 6.61 Å². The number of rotatable bonds is 7. The fourth-order valence-electron chi connectivity index (χ4n) is 3.84. The summed E-state index contributed by atoms with van der Waals surface area (Å²) in [6.45, 7) is 4.64. The van der Waals surface area contributed by atoms with Crippen molar-refractivity contribution in [1.29, 1.82) is 0 Å². The Morgan fingerprint density at radius 2 is 1.56 bits per heavy atom. The molecule has 7 heteroatoms. The number of benzene rings is 2. The second-order valence-corrected chi connectivity index (χ2v) is 7.56. The summed E-state index contributed by atoms with van der Waals surface area (Å²) in [5.74, 6) is 0.642. The summed E-state index contributed by atoms with van der Waals surface area (Å²) in [6.07, 6.45) is 1.68. The highest BCUT2D eigenvalue weighted by Gasteiger charge is 2.18. The predicted molar refractivity (Wildman–Crippen MR) is 119 cm³/mol. The Balaban J connectivity index is 1.72. The fourth-order valence-corrected chi connectivity index (χ4v) is 3.84. The summed E-state index contributed by atoms with van der Waals surface area (Å²) in [5.41, 5.74) is 5.18. The van der Waals surface area contributed by atoms with E-state index in [0.29, 0.717) is 29.4 Å². The van der Waals surface area contributed by atoms with Crippen LogP contribution in [0, 0.1) is 25.5 Å². The molecule has 0 aliphatic rings. The molecule has 4 aromatic rings. The van der Waals surface area contributed by atoms with Crippen LogP contribution in [0.5, 0.6) is 17.2 Å². The Hall–Kier alpha value is -3.61. The highest BCUT2D eigenvalue weighted by molar-refractivity contribution is 5.86. The molecule has 2 heterocycles. The predicted octanol–water partition coefficient (Wildman–Crippen LogP) is 5.58.